The van der Waals surface area contributed by atoms with Gasteiger partial charge in [-0.1, -0.05) is 90.9 Å². The Morgan fingerprint density at radius 2 is 1.14 bits per heavy atom. The number of carbonyl (C=O) groups excluding carboxylic acids is 1. The van der Waals surface area contributed by atoms with Crippen LogP contribution in [-0.4, -0.2) is 26.3 Å². The summed E-state index contributed by atoms with van der Waals surface area (Å²) >= 11 is 13.0. The summed E-state index contributed by atoms with van der Waals surface area (Å²) in [4.78, 5) is 12.7. The third-order valence-electron chi connectivity index (χ3n) is 6.08. The second-order valence-electron chi connectivity index (χ2n) is 9.40. The molecule has 0 atom stereocenters. The van der Waals surface area contributed by atoms with Crippen LogP contribution in [0.3, 0.4) is 0 Å². The van der Waals surface area contributed by atoms with Gasteiger partial charge in [-0.3, -0.25) is 4.79 Å². The Morgan fingerprint density at radius 1 is 0.810 bits per heavy atom. The van der Waals surface area contributed by atoms with E-state index < -0.39 is 20.5 Å². The lowest BCUT2D eigenvalue weighted by atomic mass is 10.1. The highest BCUT2D eigenvalue weighted by molar-refractivity contribution is 7.01. The predicted molar refractivity (Wildman–Crippen MR) is 101 cm³/mol. The number of alkyl halides is 2. The van der Waals surface area contributed by atoms with E-state index in [1.807, 2.05) is 0 Å². The number of ketones is 1. The Bertz CT molecular complexity index is 503. The van der Waals surface area contributed by atoms with Gasteiger partial charge >= 0.3 is 0 Å². The van der Waals surface area contributed by atoms with Crippen LogP contribution >= 0.6 is 23.2 Å². The van der Waals surface area contributed by atoms with Crippen molar-refractivity contribution in [2.24, 2.45) is 0 Å². The summed E-state index contributed by atoms with van der Waals surface area (Å²) in [6.45, 7) is 22.5. The molecule has 1 aliphatic carbocycles. The van der Waals surface area contributed by atoms with Crippen molar-refractivity contribution in [3.05, 3.63) is 10.4 Å². The molecule has 0 aromatic heterocycles. The normalized spacial score (nSPS) is 20.7. The van der Waals surface area contributed by atoms with Crippen molar-refractivity contribution >= 4 is 45.1 Å². The van der Waals surface area contributed by atoms with Gasteiger partial charge in [0, 0.05) is 0 Å². The van der Waals surface area contributed by atoms with E-state index in [-0.39, 0.29) is 15.9 Å². The molecule has 0 aromatic rings. The van der Waals surface area contributed by atoms with Gasteiger partial charge in [0.2, 0.25) is 0 Å². The quantitative estimate of drug-likeness (QED) is 0.425. The maximum absolute atomic E-state index is 12.7. The highest BCUT2D eigenvalue weighted by Crippen LogP contribution is 2.59. The van der Waals surface area contributed by atoms with Gasteiger partial charge in [-0.25, -0.2) is 0 Å². The van der Waals surface area contributed by atoms with Gasteiger partial charge in [0.1, 0.15) is 0 Å². The molecule has 0 amide bonds. The minimum atomic E-state index is -1.93. The average Bonchev–Trinajstić information content (AvgIpc) is 2.20. The van der Waals surface area contributed by atoms with Crippen LogP contribution in [0.4, 0.5) is 0 Å². The number of hydrogen-bond donors (Lipinski definition) is 0. The zero-order valence-electron chi connectivity index (χ0n) is 15.2. The summed E-state index contributed by atoms with van der Waals surface area (Å²) in [6.07, 6.45) is 0. The SMILES string of the molecule is CC(C)(C)[Si](C)(C)C1=C([Si](C)(C)C(C)(C)C)C(Cl)(Cl)C1=O. The van der Waals surface area contributed by atoms with Gasteiger partial charge in [-0.2, -0.15) is 0 Å². The van der Waals surface area contributed by atoms with E-state index in [2.05, 4.69) is 67.7 Å². The molecule has 0 bridgehead atoms. The highest BCUT2D eigenvalue weighted by atomic mass is 35.5. The molecule has 21 heavy (non-hydrogen) atoms. The molecule has 1 aliphatic rings. The fraction of sp³-hybridized carbons (Fsp3) is 0.812. The van der Waals surface area contributed by atoms with Crippen LogP contribution in [0.25, 0.3) is 0 Å². The fourth-order valence-corrected chi connectivity index (χ4v) is 11.2. The average molecular weight is 365 g/mol. The molecular weight excluding hydrogens is 335 g/mol. The topological polar surface area (TPSA) is 17.1 Å². The zero-order chi connectivity index (χ0) is 17.2. The summed E-state index contributed by atoms with van der Waals surface area (Å²) in [5.74, 6) is -0.0303. The Labute approximate surface area is 142 Å². The minimum Gasteiger partial charge on any atom is -0.291 e. The van der Waals surface area contributed by atoms with Crippen molar-refractivity contribution in [3.8, 4) is 0 Å². The number of hydrogen-bond acceptors (Lipinski definition) is 1. The van der Waals surface area contributed by atoms with Crippen LogP contribution in [0.5, 0.6) is 0 Å². The molecule has 0 N–H and O–H groups in total. The van der Waals surface area contributed by atoms with Crippen LogP contribution in [0.15, 0.2) is 10.4 Å². The van der Waals surface area contributed by atoms with E-state index in [4.69, 9.17) is 23.2 Å². The molecule has 0 heterocycles. The molecule has 0 fully saturated rings. The van der Waals surface area contributed by atoms with Crippen LogP contribution < -0.4 is 0 Å². The van der Waals surface area contributed by atoms with Gasteiger partial charge in [-0.15, -0.1) is 0 Å². The van der Waals surface area contributed by atoms with Crippen LogP contribution in [0.2, 0.25) is 36.3 Å². The van der Waals surface area contributed by atoms with E-state index in [9.17, 15) is 4.79 Å². The first-order chi connectivity index (χ1) is 8.90. The number of carbonyl (C=O) groups is 1. The largest absolute Gasteiger partial charge is 0.291 e. The fourth-order valence-electron chi connectivity index (χ4n) is 2.53. The first-order valence-corrected chi connectivity index (χ1v) is 14.3. The van der Waals surface area contributed by atoms with Crippen molar-refractivity contribution in [1.82, 2.24) is 0 Å². The van der Waals surface area contributed by atoms with E-state index in [1.54, 1.807) is 0 Å². The highest BCUT2D eigenvalue weighted by Gasteiger charge is 2.63. The Kier molecular flexibility index (Phi) is 4.60. The number of Topliss-reactive ketones (excluding diaryl/α,β-unsaturated/α-hetero) is 1. The van der Waals surface area contributed by atoms with E-state index in [0.29, 0.717) is 0 Å². The smallest absolute Gasteiger partial charge is 0.197 e. The van der Waals surface area contributed by atoms with Crippen molar-refractivity contribution < 1.29 is 4.79 Å². The Balaban J connectivity index is 3.67. The van der Waals surface area contributed by atoms with Crippen molar-refractivity contribution in [3.63, 3.8) is 0 Å². The molecule has 122 valence electrons. The lowest BCUT2D eigenvalue weighted by Gasteiger charge is -2.54. The molecular formula is C16H30Cl2OSi2. The molecule has 1 rings (SSSR count). The summed E-state index contributed by atoms with van der Waals surface area (Å²) < 4.78 is -1.28. The number of allylic oxidation sites excluding steroid dienone is 2. The Hall–Kier alpha value is 0.424. The van der Waals surface area contributed by atoms with Gasteiger partial charge in [0.15, 0.2) is 10.1 Å². The molecule has 0 saturated heterocycles. The third kappa shape index (κ3) is 2.73. The van der Waals surface area contributed by atoms with Crippen LogP contribution in [0, 0.1) is 0 Å². The molecule has 0 aliphatic heterocycles. The van der Waals surface area contributed by atoms with Gasteiger partial charge < -0.3 is 0 Å². The zero-order valence-corrected chi connectivity index (χ0v) is 18.7. The van der Waals surface area contributed by atoms with Crippen molar-refractivity contribution in [2.75, 3.05) is 0 Å². The summed E-state index contributed by atoms with van der Waals surface area (Å²) in [6, 6.07) is 0. The Morgan fingerprint density at radius 3 is 1.43 bits per heavy atom. The van der Waals surface area contributed by atoms with E-state index in [1.165, 1.54) is 0 Å². The molecule has 1 nitrogen and oxygen atoms in total. The third-order valence-corrected chi connectivity index (χ3v) is 18.5. The van der Waals surface area contributed by atoms with Crippen LogP contribution in [-0.2, 0) is 4.79 Å². The number of rotatable bonds is 2. The maximum Gasteiger partial charge on any atom is 0.197 e. The van der Waals surface area contributed by atoms with Crippen LogP contribution in [0.1, 0.15) is 41.5 Å². The molecule has 5 heteroatoms. The lowest BCUT2D eigenvalue weighted by Crippen LogP contribution is -2.62. The first kappa shape index (κ1) is 19.5. The molecule has 0 aromatic carbocycles. The minimum absolute atomic E-state index is 0.0303. The van der Waals surface area contributed by atoms with E-state index in [0.717, 1.165) is 10.4 Å². The second-order valence-corrected chi connectivity index (χ2v) is 21.2. The molecule has 0 unspecified atom stereocenters. The van der Waals surface area contributed by atoms with Gasteiger partial charge in [0.25, 0.3) is 0 Å². The van der Waals surface area contributed by atoms with Crippen molar-refractivity contribution in [1.29, 1.82) is 0 Å². The second kappa shape index (κ2) is 4.96. The van der Waals surface area contributed by atoms with Gasteiger partial charge in [-0.05, 0) is 20.5 Å². The summed E-state index contributed by atoms with van der Waals surface area (Å²) in [7, 11) is -3.85. The van der Waals surface area contributed by atoms with E-state index >= 15 is 0 Å². The van der Waals surface area contributed by atoms with Crippen molar-refractivity contribution in [2.45, 2.75) is 82.1 Å². The summed E-state index contributed by atoms with van der Waals surface area (Å²) in [5, 5.41) is 2.34. The first-order valence-electron chi connectivity index (χ1n) is 7.58. The number of halogens is 2. The monoisotopic (exact) mass is 364 g/mol. The van der Waals surface area contributed by atoms with Gasteiger partial charge in [0.05, 0.1) is 16.1 Å². The standard InChI is InChI=1S/C16H30Cl2OSi2/c1-14(2,3)20(7,8)11-12(19)16(17,18)13(11)21(9,10)15(4,5)6/h1-10H3. The molecule has 0 spiro atoms. The lowest BCUT2D eigenvalue weighted by molar-refractivity contribution is -0.116. The molecule has 0 saturated carbocycles. The molecule has 0 radical (unpaired) electrons. The summed E-state index contributed by atoms with van der Waals surface area (Å²) in [5.41, 5.74) is 0. The maximum atomic E-state index is 12.7. The predicted octanol–water partition coefficient (Wildman–Crippen LogP) is 6.14.